The Balaban J connectivity index is 1.76. The highest BCUT2D eigenvalue weighted by Crippen LogP contribution is 2.34. The van der Waals surface area contributed by atoms with Gasteiger partial charge in [0.15, 0.2) is 0 Å². The van der Waals surface area contributed by atoms with Gasteiger partial charge in [-0.25, -0.2) is 8.42 Å². The molecule has 2 aromatic rings. The predicted molar refractivity (Wildman–Crippen MR) is 103 cm³/mol. The largest absolute Gasteiger partial charge is 0.416 e. The van der Waals surface area contributed by atoms with E-state index < -0.39 is 33.6 Å². The van der Waals surface area contributed by atoms with Gasteiger partial charge in [0.1, 0.15) is 0 Å². The van der Waals surface area contributed by atoms with Gasteiger partial charge in [-0.15, -0.1) is 0 Å². The average Bonchev–Trinajstić information content (AvgIpc) is 2.69. The third-order valence-electron chi connectivity index (χ3n) is 4.69. The number of carbonyl (C=O) groups is 1. The van der Waals surface area contributed by atoms with Crippen molar-refractivity contribution >= 4 is 33.2 Å². The molecule has 1 saturated heterocycles. The summed E-state index contributed by atoms with van der Waals surface area (Å²) in [6, 6.07) is 10.5. The van der Waals surface area contributed by atoms with Crippen LogP contribution in [0, 0.1) is 5.92 Å². The lowest BCUT2D eigenvalue weighted by Crippen LogP contribution is -2.43. The molecule has 10 heteroatoms. The van der Waals surface area contributed by atoms with E-state index in [1.807, 2.05) is 0 Å². The van der Waals surface area contributed by atoms with E-state index in [0.29, 0.717) is 12.8 Å². The predicted octanol–water partition coefficient (Wildman–Crippen LogP) is 4.40. The lowest BCUT2D eigenvalue weighted by Gasteiger charge is -2.31. The quantitative estimate of drug-likeness (QED) is 0.757. The molecular formula is C19H18ClF3N2O3S. The van der Waals surface area contributed by atoms with Crippen LogP contribution in [0.5, 0.6) is 0 Å². The molecule has 156 valence electrons. The molecule has 5 nitrogen and oxygen atoms in total. The number of nitrogens with zero attached hydrogens (tertiary/aromatic N) is 1. The van der Waals surface area contributed by atoms with E-state index in [9.17, 15) is 26.4 Å². The van der Waals surface area contributed by atoms with Gasteiger partial charge in [-0.2, -0.15) is 17.5 Å². The van der Waals surface area contributed by atoms with Crippen molar-refractivity contribution in [3.05, 3.63) is 59.1 Å². The standard InChI is InChI=1S/C19H18ClF3N2O3S/c20-16-9-8-14(19(21,22)23)11-17(16)24-18(26)13-5-4-10-25(12-13)29(27,28)15-6-2-1-3-7-15/h1-3,6-9,11,13H,4-5,10,12H2,(H,24,26)/t13-/m0/s1. The maximum atomic E-state index is 12.9. The van der Waals surface area contributed by atoms with Crippen LogP contribution >= 0.6 is 11.6 Å². The van der Waals surface area contributed by atoms with Crippen molar-refractivity contribution in [1.29, 1.82) is 0 Å². The number of benzene rings is 2. The molecule has 0 aliphatic carbocycles. The highest BCUT2D eigenvalue weighted by molar-refractivity contribution is 7.89. The molecule has 2 aromatic carbocycles. The van der Waals surface area contributed by atoms with Gasteiger partial charge >= 0.3 is 6.18 Å². The number of halogens is 4. The SMILES string of the molecule is O=C(Nc1cc(C(F)(F)F)ccc1Cl)[C@H]1CCCN(S(=O)(=O)c2ccccc2)C1. The van der Waals surface area contributed by atoms with Crippen molar-refractivity contribution in [3.8, 4) is 0 Å². The number of carbonyl (C=O) groups excluding carboxylic acids is 1. The van der Waals surface area contributed by atoms with E-state index in [1.165, 1.54) is 16.4 Å². The monoisotopic (exact) mass is 446 g/mol. The topological polar surface area (TPSA) is 66.5 Å². The summed E-state index contributed by atoms with van der Waals surface area (Å²) in [5.74, 6) is -1.27. The second kappa shape index (κ2) is 8.33. The Morgan fingerprint density at radius 3 is 2.48 bits per heavy atom. The summed E-state index contributed by atoms with van der Waals surface area (Å²) in [5.41, 5.74) is -1.09. The fourth-order valence-electron chi connectivity index (χ4n) is 3.15. The average molecular weight is 447 g/mol. The first-order valence-electron chi connectivity index (χ1n) is 8.82. The zero-order valence-electron chi connectivity index (χ0n) is 15.1. The number of anilines is 1. The first-order chi connectivity index (χ1) is 13.6. The third kappa shape index (κ3) is 4.91. The summed E-state index contributed by atoms with van der Waals surface area (Å²) in [6.07, 6.45) is -3.70. The fourth-order valence-corrected chi connectivity index (χ4v) is 4.86. The second-order valence-corrected chi connectivity index (χ2v) is 9.04. The number of piperidine rings is 1. The van der Waals surface area contributed by atoms with Crippen molar-refractivity contribution in [1.82, 2.24) is 4.31 Å². The van der Waals surface area contributed by atoms with Crippen LogP contribution in [0.1, 0.15) is 18.4 Å². The molecule has 3 rings (SSSR count). The Morgan fingerprint density at radius 2 is 1.83 bits per heavy atom. The molecule has 1 atom stereocenters. The van der Waals surface area contributed by atoms with Gasteiger partial charge in [0.25, 0.3) is 0 Å². The Morgan fingerprint density at radius 1 is 1.14 bits per heavy atom. The zero-order chi connectivity index (χ0) is 21.2. The van der Waals surface area contributed by atoms with Gasteiger partial charge in [0.05, 0.1) is 27.1 Å². The maximum absolute atomic E-state index is 12.9. The lowest BCUT2D eigenvalue weighted by atomic mass is 9.98. The van der Waals surface area contributed by atoms with Crippen molar-refractivity contribution < 1.29 is 26.4 Å². The Bertz CT molecular complexity index is 998. The van der Waals surface area contributed by atoms with Crippen molar-refractivity contribution in [2.45, 2.75) is 23.9 Å². The van der Waals surface area contributed by atoms with E-state index in [0.717, 1.165) is 18.2 Å². The molecule has 1 aliphatic rings. The Labute approximate surface area is 171 Å². The number of hydrogen-bond donors (Lipinski definition) is 1. The molecule has 1 heterocycles. The molecule has 0 bridgehead atoms. The van der Waals surface area contributed by atoms with Crippen molar-refractivity contribution in [2.24, 2.45) is 5.92 Å². The van der Waals surface area contributed by atoms with Gasteiger partial charge in [0.2, 0.25) is 15.9 Å². The molecule has 1 amide bonds. The number of hydrogen-bond acceptors (Lipinski definition) is 3. The van der Waals surface area contributed by atoms with Crippen LogP contribution in [0.4, 0.5) is 18.9 Å². The summed E-state index contributed by atoms with van der Waals surface area (Å²) < 4.78 is 65.5. The van der Waals surface area contributed by atoms with Gasteiger partial charge in [0, 0.05) is 13.1 Å². The molecule has 1 aliphatic heterocycles. The number of nitrogens with one attached hydrogen (secondary N) is 1. The third-order valence-corrected chi connectivity index (χ3v) is 6.90. The summed E-state index contributed by atoms with van der Waals surface area (Å²) in [5, 5.41) is 2.38. The molecule has 0 aromatic heterocycles. The van der Waals surface area contributed by atoms with Crippen LogP contribution in [0.15, 0.2) is 53.4 Å². The summed E-state index contributed by atoms with van der Waals surface area (Å²) in [7, 11) is -3.76. The summed E-state index contributed by atoms with van der Waals surface area (Å²) in [6.45, 7) is 0.213. The van der Waals surface area contributed by atoms with E-state index >= 15 is 0 Å². The van der Waals surface area contributed by atoms with Crippen LogP contribution in [0.25, 0.3) is 0 Å². The molecule has 29 heavy (non-hydrogen) atoms. The number of alkyl halides is 3. The van der Waals surface area contributed by atoms with E-state index in [2.05, 4.69) is 5.32 Å². The first kappa shape index (κ1) is 21.6. The molecule has 0 spiro atoms. The molecule has 0 radical (unpaired) electrons. The van der Waals surface area contributed by atoms with Gasteiger partial charge in [-0.1, -0.05) is 29.8 Å². The molecule has 0 unspecified atom stereocenters. The van der Waals surface area contributed by atoms with Crippen LogP contribution in [-0.4, -0.2) is 31.7 Å². The smallest absolute Gasteiger partial charge is 0.324 e. The van der Waals surface area contributed by atoms with Gasteiger partial charge in [-0.05, 0) is 43.2 Å². The van der Waals surface area contributed by atoms with Crippen LogP contribution in [0.2, 0.25) is 5.02 Å². The summed E-state index contributed by atoms with van der Waals surface area (Å²) >= 11 is 5.92. The summed E-state index contributed by atoms with van der Waals surface area (Å²) in [4.78, 5) is 12.7. The minimum atomic E-state index is -4.57. The highest BCUT2D eigenvalue weighted by atomic mass is 35.5. The zero-order valence-corrected chi connectivity index (χ0v) is 16.7. The van der Waals surface area contributed by atoms with E-state index in [4.69, 9.17) is 11.6 Å². The van der Waals surface area contributed by atoms with Gasteiger partial charge < -0.3 is 5.32 Å². The minimum Gasteiger partial charge on any atom is -0.324 e. The van der Waals surface area contributed by atoms with Crippen LogP contribution in [0.3, 0.4) is 0 Å². The van der Waals surface area contributed by atoms with E-state index in [1.54, 1.807) is 18.2 Å². The highest BCUT2D eigenvalue weighted by Gasteiger charge is 2.34. The fraction of sp³-hybridized carbons (Fsp3) is 0.316. The molecule has 1 N–H and O–H groups in total. The number of sulfonamides is 1. The molecule has 1 fully saturated rings. The number of rotatable bonds is 4. The molecule has 0 saturated carbocycles. The van der Waals surface area contributed by atoms with Crippen LogP contribution < -0.4 is 5.32 Å². The Kier molecular flexibility index (Phi) is 6.21. The normalized spacial score (nSPS) is 18.4. The Hall–Kier alpha value is -2.10. The van der Waals surface area contributed by atoms with Crippen molar-refractivity contribution in [2.75, 3.05) is 18.4 Å². The van der Waals surface area contributed by atoms with Crippen LogP contribution in [-0.2, 0) is 21.0 Å². The van der Waals surface area contributed by atoms with E-state index in [-0.39, 0.29) is 28.7 Å². The minimum absolute atomic E-state index is 0.0316. The first-order valence-corrected chi connectivity index (χ1v) is 10.6. The molecular weight excluding hydrogens is 429 g/mol. The maximum Gasteiger partial charge on any atom is 0.416 e. The van der Waals surface area contributed by atoms with Crippen molar-refractivity contribution in [3.63, 3.8) is 0 Å². The number of amides is 1. The lowest BCUT2D eigenvalue weighted by molar-refractivity contribution is -0.137. The second-order valence-electron chi connectivity index (χ2n) is 6.70. The van der Waals surface area contributed by atoms with Gasteiger partial charge in [-0.3, -0.25) is 4.79 Å².